The van der Waals surface area contributed by atoms with Gasteiger partial charge in [-0.25, -0.2) is 4.18 Å². The number of unbranched alkanes of at least 4 members (excludes halogenated alkanes) is 9. The third kappa shape index (κ3) is 13.8. The molecule has 0 aliphatic heterocycles. The minimum atomic E-state index is -3.94. The van der Waals surface area contributed by atoms with Crippen LogP contribution in [0.25, 0.3) is 0 Å². The summed E-state index contributed by atoms with van der Waals surface area (Å²) < 4.78 is 32.9. The Kier molecular flexibility index (Phi) is 16.2. The number of para-hydroxylation sites is 1. The van der Waals surface area contributed by atoms with Gasteiger partial charge in [0.1, 0.15) is 5.75 Å². The normalized spacial score (nSPS) is 11.0. The summed E-state index contributed by atoms with van der Waals surface area (Å²) >= 11 is 0. The number of hydrogen-bond acceptors (Lipinski definition) is 4. The second-order valence-electron chi connectivity index (χ2n) is 5.81. The van der Waals surface area contributed by atoms with Crippen LogP contribution in [-0.4, -0.2) is 66.4 Å². The summed E-state index contributed by atoms with van der Waals surface area (Å²) in [6, 6.07) is 8.40. The van der Waals surface area contributed by atoms with Gasteiger partial charge in [-0.15, -0.1) is 0 Å². The zero-order valence-electron chi connectivity index (χ0n) is 15.2. The first-order chi connectivity index (χ1) is 11.1. The van der Waals surface area contributed by atoms with Crippen molar-refractivity contribution < 1.29 is 16.8 Å². The van der Waals surface area contributed by atoms with E-state index in [-0.39, 0.29) is 63.7 Å². The van der Waals surface area contributed by atoms with Gasteiger partial charge in [0.05, 0.1) is 6.61 Å². The average molecular weight is 382 g/mol. The van der Waals surface area contributed by atoms with Crippen molar-refractivity contribution in [2.75, 3.05) is 6.61 Å². The first-order valence-electron chi connectivity index (χ1n) is 8.78. The molecule has 0 atom stereocenters. The van der Waals surface area contributed by atoms with Crippen LogP contribution < -0.4 is 4.18 Å². The molecule has 0 unspecified atom stereocenters. The van der Waals surface area contributed by atoms with E-state index in [0.29, 0.717) is 0 Å². The Morgan fingerprint density at radius 1 is 0.792 bits per heavy atom. The molecule has 0 heterocycles. The maximum absolute atomic E-state index is 11.6. The van der Waals surface area contributed by atoms with Gasteiger partial charge in [-0.1, -0.05) is 82.9 Å². The number of benzene rings is 1. The summed E-state index contributed by atoms with van der Waals surface area (Å²) in [5, 5.41) is 0. The van der Waals surface area contributed by atoms with Gasteiger partial charge in [0.2, 0.25) is 0 Å². The fourth-order valence-corrected chi connectivity index (χ4v) is 3.09. The zero-order valence-corrected chi connectivity index (χ0v) is 19.1. The van der Waals surface area contributed by atoms with Crippen molar-refractivity contribution in [3.05, 3.63) is 30.3 Å². The number of rotatable bonds is 14. The van der Waals surface area contributed by atoms with E-state index in [0.717, 1.165) is 19.3 Å². The van der Waals surface area contributed by atoms with E-state index in [4.69, 9.17) is 8.37 Å². The van der Waals surface area contributed by atoms with Gasteiger partial charge in [0, 0.05) is 51.4 Å². The Hall–Kier alpha value is 0.566. The molecular weight excluding hydrogens is 351 g/mol. The molecule has 0 bridgehead atoms. The maximum atomic E-state index is 11.6. The van der Waals surface area contributed by atoms with Crippen molar-refractivity contribution in [2.45, 2.75) is 71.1 Å². The first kappa shape index (κ1) is 24.6. The first-order valence-corrected chi connectivity index (χ1v) is 10.1. The van der Waals surface area contributed by atoms with Gasteiger partial charge < -0.3 is 4.18 Å². The van der Waals surface area contributed by atoms with E-state index < -0.39 is 10.4 Å². The van der Waals surface area contributed by atoms with Gasteiger partial charge in [0.15, 0.2) is 0 Å². The van der Waals surface area contributed by atoms with Crippen LogP contribution in [-0.2, 0) is 14.6 Å². The van der Waals surface area contributed by atoms with Crippen molar-refractivity contribution in [1.29, 1.82) is 0 Å². The van der Waals surface area contributed by atoms with Crippen LogP contribution in [0.5, 0.6) is 5.75 Å². The molecule has 4 nitrogen and oxygen atoms in total. The Morgan fingerprint density at radius 3 is 1.83 bits per heavy atom. The fourth-order valence-electron chi connectivity index (χ4n) is 2.37. The van der Waals surface area contributed by atoms with Crippen LogP contribution in [0.3, 0.4) is 0 Å². The zero-order chi connectivity index (χ0) is 16.8. The quantitative estimate of drug-likeness (QED) is 0.341. The molecule has 6 heteroatoms. The monoisotopic (exact) mass is 381 g/mol. The summed E-state index contributed by atoms with van der Waals surface area (Å²) in [5.74, 6) is 0.274. The molecule has 1 aromatic carbocycles. The van der Waals surface area contributed by atoms with Crippen LogP contribution >= 0.6 is 0 Å². The maximum Gasteiger partial charge on any atom is 0.449 e. The molecule has 133 valence electrons. The molecule has 0 aliphatic carbocycles. The van der Waals surface area contributed by atoms with Crippen molar-refractivity contribution >= 4 is 61.8 Å². The van der Waals surface area contributed by atoms with Gasteiger partial charge in [-0.3, -0.25) is 0 Å². The summed E-state index contributed by atoms with van der Waals surface area (Å²) in [7, 11) is -3.94. The Labute approximate surface area is 190 Å². The summed E-state index contributed by atoms with van der Waals surface area (Å²) in [6.45, 7) is 2.42. The predicted molar refractivity (Wildman–Crippen MR) is 99.5 cm³/mol. The summed E-state index contributed by atoms with van der Waals surface area (Å²) in [6.07, 6.45) is 12.0. The SMILES string of the molecule is CCCCCCCCCCCCOS(=O)(=O)Oc1ccccc1.[K]. The second-order valence-corrected chi connectivity index (χ2v) is 7.03. The van der Waals surface area contributed by atoms with Crippen molar-refractivity contribution in [2.24, 2.45) is 0 Å². The molecule has 24 heavy (non-hydrogen) atoms. The van der Waals surface area contributed by atoms with Crippen LogP contribution in [0.2, 0.25) is 0 Å². The molecule has 0 saturated carbocycles. The van der Waals surface area contributed by atoms with E-state index in [9.17, 15) is 8.42 Å². The van der Waals surface area contributed by atoms with E-state index >= 15 is 0 Å². The van der Waals surface area contributed by atoms with E-state index in [2.05, 4.69) is 6.92 Å². The van der Waals surface area contributed by atoms with Gasteiger partial charge in [-0.2, -0.15) is 8.42 Å². The molecule has 0 aromatic heterocycles. The summed E-state index contributed by atoms with van der Waals surface area (Å²) in [5.41, 5.74) is 0. The minimum absolute atomic E-state index is 0. The van der Waals surface area contributed by atoms with Gasteiger partial charge in [0.25, 0.3) is 0 Å². The van der Waals surface area contributed by atoms with Crippen molar-refractivity contribution in [3.63, 3.8) is 0 Å². The molecule has 1 rings (SSSR count). The van der Waals surface area contributed by atoms with Gasteiger partial charge >= 0.3 is 10.4 Å². The Morgan fingerprint density at radius 2 is 1.29 bits per heavy atom. The molecule has 0 amide bonds. The van der Waals surface area contributed by atoms with Crippen LogP contribution in [0.4, 0.5) is 0 Å². The van der Waals surface area contributed by atoms with Crippen LogP contribution in [0.1, 0.15) is 71.1 Å². The minimum Gasteiger partial charge on any atom is -0.362 e. The van der Waals surface area contributed by atoms with Gasteiger partial charge in [-0.05, 0) is 18.6 Å². The molecule has 0 fully saturated rings. The fraction of sp³-hybridized carbons (Fsp3) is 0.667. The van der Waals surface area contributed by atoms with Crippen LogP contribution in [0, 0.1) is 0 Å². The van der Waals surface area contributed by atoms with E-state index in [1.807, 2.05) is 0 Å². The molecule has 1 aromatic rings. The molecule has 0 N–H and O–H groups in total. The average Bonchev–Trinajstić information content (AvgIpc) is 2.53. The topological polar surface area (TPSA) is 52.6 Å². The van der Waals surface area contributed by atoms with E-state index in [1.165, 1.54) is 44.9 Å². The number of hydrogen-bond donors (Lipinski definition) is 0. The van der Waals surface area contributed by atoms with E-state index in [1.54, 1.807) is 30.3 Å². The Bertz CT molecular complexity index is 491. The largest absolute Gasteiger partial charge is 0.449 e. The van der Waals surface area contributed by atoms with Crippen LogP contribution in [0.15, 0.2) is 30.3 Å². The van der Waals surface area contributed by atoms with Crippen molar-refractivity contribution in [3.8, 4) is 5.75 Å². The third-order valence-electron chi connectivity index (χ3n) is 3.67. The third-order valence-corrected chi connectivity index (χ3v) is 4.52. The standard InChI is InChI=1S/C18H30O4S.K/c1-2-3-4-5-6-7-8-9-10-14-17-21-23(19,20)22-18-15-12-11-13-16-18;/h11-13,15-16H,2-10,14,17H2,1H3;. The Balaban J connectivity index is 0.00000529. The predicted octanol–water partition coefficient (Wildman–Crippen LogP) is 4.87. The molecular formula is C18H30KO4S. The molecule has 0 aliphatic rings. The second kappa shape index (κ2) is 15.8. The molecule has 1 radical (unpaired) electrons. The van der Waals surface area contributed by atoms with Crippen molar-refractivity contribution in [1.82, 2.24) is 0 Å². The molecule has 0 saturated heterocycles. The molecule has 0 spiro atoms. The summed E-state index contributed by atoms with van der Waals surface area (Å²) in [4.78, 5) is 0. The smallest absolute Gasteiger partial charge is 0.362 e.